The second-order valence-electron chi connectivity index (χ2n) is 5.80. The predicted molar refractivity (Wildman–Crippen MR) is 87.2 cm³/mol. The minimum atomic E-state index is 0.445. The number of hydrogen-bond acceptors (Lipinski definition) is 3. The van der Waals surface area contributed by atoms with E-state index in [9.17, 15) is 0 Å². The molecule has 0 amide bonds. The number of hydrogen-bond donors (Lipinski definition) is 1. The summed E-state index contributed by atoms with van der Waals surface area (Å²) in [6.07, 6.45) is 0.863. The van der Waals surface area contributed by atoms with E-state index in [0.717, 1.165) is 17.8 Å². The highest BCUT2D eigenvalue weighted by Gasteiger charge is 2.18. The number of fused-ring (bicyclic) bond motifs is 1. The van der Waals surface area contributed by atoms with Crippen LogP contribution in [0.3, 0.4) is 0 Å². The normalized spacial score (nSPS) is 12.9. The van der Waals surface area contributed by atoms with Crippen molar-refractivity contribution >= 4 is 16.7 Å². The molecule has 1 atom stereocenters. The highest BCUT2D eigenvalue weighted by Crippen LogP contribution is 2.26. The molecule has 108 valence electrons. The summed E-state index contributed by atoms with van der Waals surface area (Å²) >= 11 is 0. The van der Waals surface area contributed by atoms with Crippen molar-refractivity contribution in [1.82, 2.24) is 4.98 Å². The van der Waals surface area contributed by atoms with Crippen LogP contribution in [0.4, 0.5) is 5.82 Å². The van der Waals surface area contributed by atoms with Crippen molar-refractivity contribution in [3.8, 4) is 0 Å². The van der Waals surface area contributed by atoms with Gasteiger partial charge < -0.3 is 10.6 Å². The number of nitrogens with zero attached hydrogens (tertiary/aromatic N) is 2. The topological polar surface area (TPSA) is 42.2 Å². The van der Waals surface area contributed by atoms with Crippen LogP contribution in [-0.4, -0.2) is 24.6 Å². The van der Waals surface area contributed by atoms with E-state index in [2.05, 4.69) is 57.0 Å². The Balaban J connectivity index is 2.51. The zero-order chi connectivity index (χ0) is 14.7. The van der Waals surface area contributed by atoms with Gasteiger partial charge >= 0.3 is 0 Å². The smallest absolute Gasteiger partial charge is 0.132 e. The van der Waals surface area contributed by atoms with E-state index in [1.807, 2.05) is 6.07 Å². The van der Waals surface area contributed by atoms with Crippen LogP contribution in [0.15, 0.2) is 30.3 Å². The molecule has 2 aromatic rings. The van der Waals surface area contributed by atoms with Crippen molar-refractivity contribution in [2.45, 2.75) is 33.2 Å². The Morgan fingerprint density at radius 2 is 1.90 bits per heavy atom. The number of benzene rings is 1. The summed E-state index contributed by atoms with van der Waals surface area (Å²) in [4.78, 5) is 7.15. The van der Waals surface area contributed by atoms with Gasteiger partial charge in [-0.3, -0.25) is 0 Å². The Bertz CT molecular complexity index is 577. The van der Waals surface area contributed by atoms with Crippen molar-refractivity contribution in [3.05, 3.63) is 35.9 Å². The van der Waals surface area contributed by atoms with E-state index in [1.54, 1.807) is 0 Å². The molecule has 0 aliphatic rings. The predicted octanol–water partition coefficient (Wildman–Crippen LogP) is 3.22. The second kappa shape index (κ2) is 6.23. The first kappa shape index (κ1) is 14.8. The van der Waals surface area contributed by atoms with Crippen molar-refractivity contribution in [2.24, 2.45) is 11.7 Å². The lowest BCUT2D eigenvalue weighted by Crippen LogP contribution is -2.34. The number of para-hydroxylation sites is 1. The van der Waals surface area contributed by atoms with Gasteiger partial charge in [0.05, 0.1) is 5.52 Å². The first-order valence-electron chi connectivity index (χ1n) is 7.36. The Morgan fingerprint density at radius 3 is 2.55 bits per heavy atom. The van der Waals surface area contributed by atoms with Crippen molar-refractivity contribution < 1.29 is 0 Å². The van der Waals surface area contributed by atoms with E-state index >= 15 is 0 Å². The van der Waals surface area contributed by atoms with Crippen molar-refractivity contribution in [1.29, 1.82) is 0 Å². The van der Waals surface area contributed by atoms with E-state index < -0.39 is 0 Å². The molecule has 20 heavy (non-hydrogen) atoms. The lowest BCUT2D eigenvalue weighted by molar-refractivity contribution is 0.502. The van der Waals surface area contributed by atoms with Crippen LogP contribution >= 0.6 is 0 Å². The lowest BCUT2D eigenvalue weighted by atomic mass is 10.0. The van der Waals surface area contributed by atoms with Crippen LogP contribution in [0.1, 0.15) is 26.3 Å². The molecule has 0 saturated carbocycles. The first-order valence-corrected chi connectivity index (χ1v) is 7.36. The van der Waals surface area contributed by atoms with Gasteiger partial charge in [0.15, 0.2) is 0 Å². The average Bonchev–Trinajstić information content (AvgIpc) is 2.45. The summed E-state index contributed by atoms with van der Waals surface area (Å²) in [6.45, 7) is 7.38. The van der Waals surface area contributed by atoms with Gasteiger partial charge in [0, 0.05) is 18.5 Å². The van der Waals surface area contributed by atoms with Crippen LogP contribution in [0.2, 0.25) is 0 Å². The standard InChI is InChI=1S/C17H25N3/c1-12(2)13(3)20(4)17-15(9-10-18)11-14-7-5-6-8-16(14)19-17/h5-8,11-13H,9-10,18H2,1-4H3. The molecule has 1 heterocycles. The third-order valence-electron chi connectivity index (χ3n) is 4.10. The zero-order valence-electron chi connectivity index (χ0n) is 12.9. The number of nitrogens with two attached hydrogens (primary N) is 1. The summed E-state index contributed by atoms with van der Waals surface area (Å²) < 4.78 is 0. The third-order valence-corrected chi connectivity index (χ3v) is 4.10. The van der Waals surface area contributed by atoms with E-state index in [0.29, 0.717) is 18.5 Å². The fourth-order valence-corrected chi connectivity index (χ4v) is 2.43. The molecular formula is C17H25N3. The molecule has 3 nitrogen and oxygen atoms in total. The molecule has 2 N–H and O–H groups in total. The van der Waals surface area contributed by atoms with Gasteiger partial charge in [-0.2, -0.15) is 0 Å². The highest BCUT2D eigenvalue weighted by molar-refractivity contribution is 5.81. The molecule has 1 aromatic heterocycles. The molecule has 0 aliphatic heterocycles. The average molecular weight is 271 g/mol. The molecule has 1 aromatic carbocycles. The first-order chi connectivity index (χ1) is 9.54. The number of pyridine rings is 1. The Morgan fingerprint density at radius 1 is 1.20 bits per heavy atom. The SMILES string of the molecule is CC(C)C(C)N(C)c1nc2ccccc2cc1CCN. The summed E-state index contributed by atoms with van der Waals surface area (Å²) in [7, 11) is 2.13. The van der Waals surface area contributed by atoms with E-state index in [1.165, 1.54) is 10.9 Å². The Kier molecular flexibility index (Phi) is 4.61. The van der Waals surface area contributed by atoms with Gasteiger partial charge in [0.1, 0.15) is 5.82 Å². The quantitative estimate of drug-likeness (QED) is 0.908. The summed E-state index contributed by atoms with van der Waals surface area (Å²) in [5.41, 5.74) is 8.05. The number of anilines is 1. The third kappa shape index (κ3) is 2.93. The Labute approximate surface area is 121 Å². The molecule has 0 bridgehead atoms. The van der Waals surface area contributed by atoms with Gasteiger partial charge in [0.2, 0.25) is 0 Å². The van der Waals surface area contributed by atoms with Gasteiger partial charge in [0.25, 0.3) is 0 Å². The maximum atomic E-state index is 5.76. The largest absolute Gasteiger partial charge is 0.356 e. The number of rotatable bonds is 5. The summed E-state index contributed by atoms with van der Waals surface area (Å²) in [5.74, 6) is 1.65. The molecule has 0 aliphatic carbocycles. The van der Waals surface area contributed by atoms with Gasteiger partial charge in [-0.15, -0.1) is 0 Å². The van der Waals surface area contributed by atoms with Gasteiger partial charge in [-0.05, 0) is 43.5 Å². The van der Waals surface area contributed by atoms with E-state index in [4.69, 9.17) is 10.7 Å². The van der Waals surface area contributed by atoms with Crippen LogP contribution in [-0.2, 0) is 6.42 Å². The fourth-order valence-electron chi connectivity index (χ4n) is 2.43. The highest BCUT2D eigenvalue weighted by atomic mass is 15.2. The molecule has 0 spiro atoms. The minimum Gasteiger partial charge on any atom is -0.356 e. The fraction of sp³-hybridized carbons (Fsp3) is 0.471. The van der Waals surface area contributed by atoms with Gasteiger partial charge in [-0.1, -0.05) is 32.0 Å². The number of aromatic nitrogens is 1. The molecular weight excluding hydrogens is 246 g/mol. The molecule has 3 heteroatoms. The van der Waals surface area contributed by atoms with Gasteiger partial charge in [-0.25, -0.2) is 4.98 Å². The molecule has 1 unspecified atom stereocenters. The maximum Gasteiger partial charge on any atom is 0.132 e. The van der Waals surface area contributed by atoms with Crippen LogP contribution in [0, 0.1) is 5.92 Å². The molecule has 0 saturated heterocycles. The van der Waals surface area contributed by atoms with Crippen molar-refractivity contribution in [3.63, 3.8) is 0 Å². The van der Waals surface area contributed by atoms with Crippen LogP contribution < -0.4 is 10.6 Å². The van der Waals surface area contributed by atoms with Crippen LogP contribution in [0.5, 0.6) is 0 Å². The summed E-state index contributed by atoms with van der Waals surface area (Å²) in [5, 5.41) is 1.19. The molecule has 0 radical (unpaired) electrons. The lowest BCUT2D eigenvalue weighted by Gasteiger charge is -2.30. The Hall–Kier alpha value is -1.61. The molecule has 0 fully saturated rings. The van der Waals surface area contributed by atoms with Crippen LogP contribution in [0.25, 0.3) is 10.9 Å². The monoisotopic (exact) mass is 271 g/mol. The molecule has 2 rings (SSSR count). The minimum absolute atomic E-state index is 0.445. The second-order valence-corrected chi connectivity index (χ2v) is 5.80. The maximum absolute atomic E-state index is 5.76. The van der Waals surface area contributed by atoms with Crippen molar-refractivity contribution in [2.75, 3.05) is 18.5 Å². The summed E-state index contributed by atoms with van der Waals surface area (Å²) in [6, 6.07) is 10.9. The zero-order valence-corrected chi connectivity index (χ0v) is 12.9. The van der Waals surface area contributed by atoms with E-state index in [-0.39, 0.29) is 0 Å².